The molecule has 80 valence electrons. The van der Waals surface area contributed by atoms with Crippen molar-refractivity contribution in [1.29, 1.82) is 0 Å². The summed E-state index contributed by atoms with van der Waals surface area (Å²) in [6.45, 7) is 0.428. The second-order valence-electron chi connectivity index (χ2n) is 4.31. The summed E-state index contributed by atoms with van der Waals surface area (Å²) < 4.78 is 2.12. The maximum atomic E-state index is 8.28. The van der Waals surface area contributed by atoms with Crippen molar-refractivity contribution in [2.45, 2.75) is 25.3 Å². The Kier molecular flexibility index (Phi) is 2.08. The molecule has 4 nitrogen and oxygen atoms in total. The van der Waals surface area contributed by atoms with E-state index in [0.717, 1.165) is 17.0 Å². The van der Waals surface area contributed by atoms with Crippen molar-refractivity contribution in [3.05, 3.63) is 52.2 Å². The minimum absolute atomic E-state index is 0.428. The zero-order valence-electron chi connectivity index (χ0n) is 8.87. The summed E-state index contributed by atoms with van der Waals surface area (Å²) in [6, 6.07) is 6.39. The van der Waals surface area contributed by atoms with Crippen molar-refractivity contribution in [2.75, 3.05) is 0 Å². The smallest absolute Gasteiger partial charge is 0.0526 e. The van der Waals surface area contributed by atoms with E-state index in [1.165, 1.54) is 18.4 Å². The number of nitrogens with zero attached hydrogens (tertiary/aromatic N) is 4. The highest BCUT2D eigenvalue weighted by molar-refractivity contribution is 5.51. The Bertz CT molecular complexity index is 574. The Morgan fingerprint density at radius 2 is 2.25 bits per heavy atom. The molecular formula is C12H12N4. The number of fused-ring (bicyclic) bond motifs is 1. The lowest BCUT2D eigenvalue weighted by molar-refractivity contribution is 1.03. The third-order valence-electron chi connectivity index (χ3n) is 3.04. The first-order valence-electron chi connectivity index (χ1n) is 5.48. The molecule has 1 aliphatic rings. The van der Waals surface area contributed by atoms with Gasteiger partial charge in [0.2, 0.25) is 0 Å². The van der Waals surface area contributed by atoms with Crippen LogP contribution in [0.25, 0.3) is 16.0 Å². The molecule has 2 aromatic rings. The van der Waals surface area contributed by atoms with Crippen LogP contribution >= 0.6 is 0 Å². The molecule has 1 fully saturated rings. The normalized spacial score (nSPS) is 15.0. The Morgan fingerprint density at radius 1 is 1.38 bits per heavy atom. The van der Waals surface area contributed by atoms with Gasteiger partial charge in [0.25, 0.3) is 0 Å². The molecule has 0 aliphatic heterocycles. The summed E-state index contributed by atoms with van der Waals surface area (Å²) in [7, 11) is 0. The molecule has 0 atom stereocenters. The van der Waals surface area contributed by atoms with Crippen molar-refractivity contribution in [3.63, 3.8) is 0 Å². The van der Waals surface area contributed by atoms with Crippen molar-refractivity contribution >= 4 is 5.52 Å². The quantitative estimate of drug-likeness (QED) is 0.424. The standard InChI is InChI=1S/C12H12N4/c13-15-14-6-9-5-12-4-3-11(10-1-2-10)8-16(12)7-9/h3-5,7-8,10H,1-2,6H2. The lowest BCUT2D eigenvalue weighted by Gasteiger charge is -1.99. The van der Waals surface area contributed by atoms with Crippen LogP contribution < -0.4 is 0 Å². The number of rotatable bonds is 3. The summed E-state index contributed by atoms with van der Waals surface area (Å²) in [5.41, 5.74) is 11.9. The van der Waals surface area contributed by atoms with E-state index >= 15 is 0 Å². The minimum atomic E-state index is 0.428. The van der Waals surface area contributed by atoms with Crippen LogP contribution in [0.2, 0.25) is 0 Å². The first-order valence-corrected chi connectivity index (χ1v) is 5.48. The minimum Gasteiger partial charge on any atom is -0.323 e. The Labute approximate surface area is 93.1 Å². The summed E-state index contributed by atoms with van der Waals surface area (Å²) in [5, 5.41) is 3.57. The lowest BCUT2D eigenvalue weighted by atomic mass is 10.2. The maximum Gasteiger partial charge on any atom is 0.0526 e. The van der Waals surface area contributed by atoms with Gasteiger partial charge in [0.1, 0.15) is 0 Å². The molecule has 0 bridgehead atoms. The molecule has 0 aromatic carbocycles. The van der Waals surface area contributed by atoms with Crippen LogP contribution in [0.4, 0.5) is 0 Å². The fourth-order valence-electron chi connectivity index (χ4n) is 2.04. The van der Waals surface area contributed by atoms with E-state index in [2.05, 4.69) is 38.8 Å². The van der Waals surface area contributed by atoms with Crippen LogP contribution in [0.1, 0.15) is 29.9 Å². The van der Waals surface area contributed by atoms with Crippen LogP contribution in [0.3, 0.4) is 0 Å². The monoisotopic (exact) mass is 212 g/mol. The van der Waals surface area contributed by atoms with Crippen molar-refractivity contribution in [2.24, 2.45) is 5.11 Å². The molecule has 4 heteroatoms. The largest absolute Gasteiger partial charge is 0.323 e. The fraction of sp³-hybridized carbons (Fsp3) is 0.333. The van der Waals surface area contributed by atoms with Crippen LogP contribution in [-0.2, 0) is 6.54 Å². The van der Waals surface area contributed by atoms with E-state index in [-0.39, 0.29) is 0 Å². The van der Waals surface area contributed by atoms with Gasteiger partial charge in [0, 0.05) is 22.8 Å². The van der Waals surface area contributed by atoms with Crippen LogP contribution in [0.5, 0.6) is 0 Å². The third-order valence-corrected chi connectivity index (χ3v) is 3.04. The van der Waals surface area contributed by atoms with Gasteiger partial charge in [-0.15, -0.1) is 0 Å². The second-order valence-corrected chi connectivity index (χ2v) is 4.31. The van der Waals surface area contributed by atoms with Gasteiger partial charge in [-0.25, -0.2) is 0 Å². The summed E-state index contributed by atoms with van der Waals surface area (Å²) in [4.78, 5) is 2.77. The van der Waals surface area contributed by atoms with E-state index < -0.39 is 0 Å². The first kappa shape index (κ1) is 9.31. The molecule has 16 heavy (non-hydrogen) atoms. The summed E-state index contributed by atoms with van der Waals surface area (Å²) in [5.74, 6) is 0.771. The van der Waals surface area contributed by atoms with Crippen LogP contribution in [0.15, 0.2) is 35.7 Å². The number of hydrogen-bond acceptors (Lipinski definition) is 1. The zero-order chi connectivity index (χ0) is 11.0. The topological polar surface area (TPSA) is 53.2 Å². The van der Waals surface area contributed by atoms with Crippen molar-refractivity contribution < 1.29 is 0 Å². The zero-order valence-corrected chi connectivity index (χ0v) is 8.87. The molecule has 2 heterocycles. The maximum absolute atomic E-state index is 8.28. The SMILES string of the molecule is [N-]=[N+]=NCc1cc2ccc(C3CC3)cn2c1. The third kappa shape index (κ3) is 1.64. The highest BCUT2D eigenvalue weighted by Crippen LogP contribution is 2.39. The van der Waals surface area contributed by atoms with Gasteiger partial charge in [-0.05, 0) is 47.6 Å². The van der Waals surface area contributed by atoms with E-state index in [9.17, 15) is 0 Å². The van der Waals surface area contributed by atoms with Crippen LogP contribution in [-0.4, -0.2) is 4.40 Å². The predicted molar refractivity (Wildman–Crippen MR) is 62.2 cm³/mol. The van der Waals surface area contributed by atoms with Crippen LogP contribution in [0, 0.1) is 0 Å². The van der Waals surface area contributed by atoms with Gasteiger partial charge in [-0.2, -0.15) is 0 Å². The number of aromatic nitrogens is 1. The van der Waals surface area contributed by atoms with Crippen molar-refractivity contribution in [1.82, 2.24) is 4.40 Å². The molecule has 0 radical (unpaired) electrons. The molecule has 0 N–H and O–H groups in total. The van der Waals surface area contributed by atoms with E-state index in [4.69, 9.17) is 5.53 Å². The van der Waals surface area contributed by atoms with E-state index in [0.29, 0.717) is 6.54 Å². The van der Waals surface area contributed by atoms with E-state index in [1.54, 1.807) is 0 Å². The average molecular weight is 212 g/mol. The molecule has 0 amide bonds. The molecule has 1 aliphatic carbocycles. The average Bonchev–Trinajstić information content (AvgIpc) is 3.06. The Balaban J connectivity index is 1.99. The van der Waals surface area contributed by atoms with Gasteiger partial charge < -0.3 is 4.40 Å². The first-order chi connectivity index (χ1) is 7.86. The molecule has 0 unspecified atom stereocenters. The number of azide groups is 1. The molecule has 0 saturated heterocycles. The second kappa shape index (κ2) is 3.58. The molecule has 1 saturated carbocycles. The predicted octanol–water partition coefficient (Wildman–Crippen LogP) is 3.63. The van der Waals surface area contributed by atoms with Gasteiger partial charge in [-0.3, -0.25) is 0 Å². The number of pyridine rings is 1. The molecule has 3 rings (SSSR count). The van der Waals surface area contributed by atoms with E-state index in [1.807, 2.05) is 6.20 Å². The lowest BCUT2D eigenvalue weighted by Crippen LogP contribution is -1.85. The number of hydrogen-bond donors (Lipinski definition) is 0. The van der Waals surface area contributed by atoms with Gasteiger partial charge in [0.05, 0.1) is 6.54 Å². The van der Waals surface area contributed by atoms with Gasteiger partial charge >= 0.3 is 0 Å². The molecular weight excluding hydrogens is 200 g/mol. The summed E-state index contributed by atoms with van der Waals surface area (Å²) >= 11 is 0. The highest BCUT2D eigenvalue weighted by Gasteiger charge is 2.23. The van der Waals surface area contributed by atoms with Gasteiger partial charge in [0.15, 0.2) is 0 Å². The molecule has 0 spiro atoms. The Morgan fingerprint density at radius 3 is 3.00 bits per heavy atom. The highest BCUT2D eigenvalue weighted by atomic mass is 15.1. The molecule has 2 aromatic heterocycles. The summed E-state index contributed by atoms with van der Waals surface area (Å²) in [6.07, 6.45) is 6.86. The fourth-order valence-corrected chi connectivity index (χ4v) is 2.04. The Hall–Kier alpha value is -1.93. The van der Waals surface area contributed by atoms with Gasteiger partial charge in [-0.1, -0.05) is 11.2 Å². The van der Waals surface area contributed by atoms with Crippen molar-refractivity contribution in [3.8, 4) is 0 Å².